The van der Waals surface area contributed by atoms with E-state index in [0.29, 0.717) is 30.8 Å². The van der Waals surface area contributed by atoms with Crippen LogP contribution in [0, 0.1) is 0 Å². The van der Waals surface area contributed by atoms with Gasteiger partial charge < -0.3 is 15.4 Å². The molecule has 3 aliphatic rings. The van der Waals surface area contributed by atoms with Gasteiger partial charge in [-0.3, -0.25) is 9.10 Å². The number of rotatable bonds is 4. The summed E-state index contributed by atoms with van der Waals surface area (Å²) in [5, 5.41) is 0. The van der Waals surface area contributed by atoms with Crippen LogP contribution in [0.5, 0.6) is 0 Å². The van der Waals surface area contributed by atoms with E-state index in [-0.39, 0.29) is 5.41 Å². The molecule has 2 aromatic rings. The summed E-state index contributed by atoms with van der Waals surface area (Å²) in [6.07, 6.45) is 6.18. The van der Waals surface area contributed by atoms with Gasteiger partial charge in [-0.15, -0.1) is 0 Å². The number of anilines is 2. The van der Waals surface area contributed by atoms with Gasteiger partial charge in [0.2, 0.25) is 15.9 Å². The first-order valence-electron chi connectivity index (χ1n) is 11.7. The number of ether oxygens (including phenoxy) is 1. The minimum Gasteiger partial charge on any atom is -0.378 e. The molecule has 1 saturated heterocycles. The number of fused-ring (bicyclic) bond motifs is 2. The fraction of sp³-hybridized carbons (Fsp3) is 0.480. The lowest BCUT2D eigenvalue weighted by atomic mass is 9.69. The minimum atomic E-state index is -3.62. The highest BCUT2D eigenvalue weighted by atomic mass is 32.2. The third-order valence-electron chi connectivity index (χ3n) is 7.53. The summed E-state index contributed by atoms with van der Waals surface area (Å²) < 4.78 is 33.4. The molecule has 0 aromatic heterocycles. The Hall–Kier alpha value is -2.58. The summed E-state index contributed by atoms with van der Waals surface area (Å²) in [6.45, 7) is 2.79. The third kappa shape index (κ3) is 3.89. The molecule has 1 saturated carbocycles. The predicted octanol–water partition coefficient (Wildman–Crippen LogP) is 3.34. The molecular weight excluding hydrogens is 438 g/mol. The van der Waals surface area contributed by atoms with Crippen LogP contribution in [0.2, 0.25) is 0 Å². The van der Waals surface area contributed by atoms with Crippen LogP contribution in [-0.4, -0.2) is 46.9 Å². The Bertz CT molecular complexity index is 1170. The number of benzene rings is 2. The van der Waals surface area contributed by atoms with Crippen LogP contribution in [0.4, 0.5) is 11.4 Å². The molecule has 1 aliphatic carbocycles. The van der Waals surface area contributed by atoms with E-state index in [1.807, 2.05) is 30.3 Å². The number of nitrogens with two attached hydrogens (primary N) is 1. The largest absolute Gasteiger partial charge is 0.378 e. The van der Waals surface area contributed by atoms with Crippen LogP contribution in [-0.2, 0) is 20.2 Å². The van der Waals surface area contributed by atoms with Crippen LogP contribution in [0.15, 0.2) is 42.5 Å². The van der Waals surface area contributed by atoms with E-state index < -0.39 is 22.0 Å². The van der Waals surface area contributed by atoms with E-state index in [1.165, 1.54) is 10.6 Å². The van der Waals surface area contributed by atoms with Crippen molar-refractivity contribution in [3.05, 3.63) is 59.2 Å². The highest BCUT2D eigenvalue weighted by Gasteiger charge is 2.48. The van der Waals surface area contributed by atoms with E-state index >= 15 is 0 Å². The molecular formula is C25H31N3O4S. The van der Waals surface area contributed by atoms with Gasteiger partial charge in [-0.2, -0.15) is 0 Å². The van der Waals surface area contributed by atoms with Crippen LogP contribution in [0.3, 0.4) is 0 Å². The first-order valence-corrected chi connectivity index (χ1v) is 13.5. The van der Waals surface area contributed by atoms with Crippen molar-refractivity contribution >= 4 is 27.3 Å². The van der Waals surface area contributed by atoms with Gasteiger partial charge in [-0.1, -0.05) is 31.0 Å². The second-order valence-corrected chi connectivity index (χ2v) is 11.4. The van der Waals surface area contributed by atoms with Crippen LogP contribution in [0.25, 0.3) is 0 Å². The molecule has 1 spiro atoms. The molecule has 2 heterocycles. The second kappa shape index (κ2) is 8.33. The van der Waals surface area contributed by atoms with Gasteiger partial charge in [0.1, 0.15) is 0 Å². The third-order valence-corrected chi connectivity index (χ3v) is 8.70. The Morgan fingerprint density at radius 3 is 2.45 bits per heavy atom. The molecule has 0 bridgehead atoms. The molecule has 2 aliphatic heterocycles. The van der Waals surface area contributed by atoms with Gasteiger partial charge >= 0.3 is 0 Å². The first-order chi connectivity index (χ1) is 15.8. The lowest BCUT2D eigenvalue weighted by Crippen LogP contribution is -2.45. The molecule has 2 aromatic carbocycles. The van der Waals surface area contributed by atoms with Gasteiger partial charge in [0.05, 0.1) is 31.2 Å². The highest BCUT2D eigenvalue weighted by molar-refractivity contribution is 7.92. The predicted molar refractivity (Wildman–Crippen MR) is 129 cm³/mol. The van der Waals surface area contributed by atoms with E-state index in [9.17, 15) is 13.2 Å². The van der Waals surface area contributed by atoms with Crippen molar-refractivity contribution < 1.29 is 17.9 Å². The van der Waals surface area contributed by atoms with Crippen LogP contribution in [0.1, 0.15) is 59.6 Å². The Kier molecular flexibility index (Phi) is 5.61. The zero-order valence-electron chi connectivity index (χ0n) is 19.0. The standard InChI is InChI=1S/C25H31N3O4S/c1-33(30,31)28-22-7-3-2-6-21(22)25(10-4-5-11-25)17-23(28)20-16-18(8-9-19(20)24(26)29)27-12-14-32-15-13-27/h2-3,6-9,16,23H,4-5,10-15,17H2,1H3,(H2,26,29). The average Bonchev–Trinajstić information content (AvgIpc) is 3.27. The maximum Gasteiger partial charge on any atom is 0.249 e. The number of hydrogen-bond donors (Lipinski definition) is 1. The second-order valence-electron chi connectivity index (χ2n) is 9.52. The lowest BCUT2D eigenvalue weighted by Gasteiger charge is -2.47. The number of nitrogens with zero attached hydrogens (tertiary/aromatic N) is 2. The average molecular weight is 470 g/mol. The van der Waals surface area contributed by atoms with Crippen LogP contribution >= 0.6 is 0 Å². The fourth-order valence-corrected chi connectivity index (χ4v) is 7.25. The molecule has 5 rings (SSSR count). The van der Waals surface area contributed by atoms with Gasteiger partial charge in [0.25, 0.3) is 0 Å². The molecule has 2 fully saturated rings. The molecule has 176 valence electrons. The molecule has 0 radical (unpaired) electrons. The number of carbonyl (C=O) groups excluding carboxylic acids is 1. The molecule has 1 unspecified atom stereocenters. The molecule has 1 atom stereocenters. The monoisotopic (exact) mass is 469 g/mol. The van der Waals surface area contributed by atoms with Crippen molar-refractivity contribution in [1.82, 2.24) is 0 Å². The van der Waals surface area contributed by atoms with Crippen molar-refractivity contribution in [2.75, 3.05) is 41.8 Å². The van der Waals surface area contributed by atoms with Crippen molar-refractivity contribution in [2.45, 2.75) is 43.6 Å². The number of amides is 1. The van der Waals surface area contributed by atoms with Crippen molar-refractivity contribution in [2.24, 2.45) is 5.73 Å². The molecule has 7 nitrogen and oxygen atoms in total. The fourth-order valence-electron chi connectivity index (χ4n) is 6.08. The maximum absolute atomic E-state index is 13.2. The number of primary amides is 1. The summed E-state index contributed by atoms with van der Waals surface area (Å²) in [6, 6.07) is 13.0. The summed E-state index contributed by atoms with van der Waals surface area (Å²) >= 11 is 0. The Morgan fingerprint density at radius 1 is 1.09 bits per heavy atom. The van der Waals surface area contributed by atoms with E-state index in [2.05, 4.69) is 11.0 Å². The normalized spacial score (nSPS) is 22.4. The number of sulfonamides is 1. The quantitative estimate of drug-likeness (QED) is 0.741. The van der Waals surface area contributed by atoms with E-state index in [4.69, 9.17) is 10.5 Å². The Morgan fingerprint density at radius 2 is 1.79 bits per heavy atom. The number of para-hydroxylation sites is 1. The molecule has 8 heteroatoms. The maximum atomic E-state index is 13.2. The zero-order chi connectivity index (χ0) is 23.2. The lowest BCUT2D eigenvalue weighted by molar-refractivity contribution is 0.0998. The Balaban J connectivity index is 1.70. The van der Waals surface area contributed by atoms with Gasteiger partial charge in [-0.05, 0) is 60.1 Å². The Labute approximate surface area is 195 Å². The number of hydrogen-bond acceptors (Lipinski definition) is 5. The SMILES string of the molecule is CS(=O)(=O)N1c2ccccc2C2(CCCC2)CC1c1cc(N2CCOCC2)ccc1C(N)=O. The van der Waals surface area contributed by atoms with E-state index in [1.54, 1.807) is 6.07 Å². The number of morpholine rings is 1. The zero-order valence-corrected chi connectivity index (χ0v) is 19.8. The molecule has 1 amide bonds. The van der Waals surface area contributed by atoms with Crippen LogP contribution < -0.4 is 14.9 Å². The molecule has 33 heavy (non-hydrogen) atoms. The summed E-state index contributed by atoms with van der Waals surface area (Å²) in [4.78, 5) is 14.7. The summed E-state index contributed by atoms with van der Waals surface area (Å²) in [5.41, 5.74) is 9.59. The van der Waals surface area contributed by atoms with Gasteiger partial charge in [0.15, 0.2) is 0 Å². The van der Waals surface area contributed by atoms with Crippen molar-refractivity contribution in [1.29, 1.82) is 0 Å². The van der Waals surface area contributed by atoms with Crippen molar-refractivity contribution in [3.63, 3.8) is 0 Å². The van der Waals surface area contributed by atoms with Gasteiger partial charge in [0, 0.05) is 24.3 Å². The van der Waals surface area contributed by atoms with Gasteiger partial charge in [-0.25, -0.2) is 8.42 Å². The molecule has 2 N–H and O–H groups in total. The minimum absolute atomic E-state index is 0.0909. The topological polar surface area (TPSA) is 92.9 Å². The summed E-state index contributed by atoms with van der Waals surface area (Å²) in [5.74, 6) is -0.536. The first kappa shape index (κ1) is 22.2. The summed E-state index contributed by atoms with van der Waals surface area (Å²) in [7, 11) is -3.62. The highest BCUT2D eigenvalue weighted by Crippen LogP contribution is 2.56. The smallest absolute Gasteiger partial charge is 0.249 e. The van der Waals surface area contributed by atoms with E-state index in [0.717, 1.165) is 55.7 Å². The van der Waals surface area contributed by atoms with Crippen molar-refractivity contribution in [3.8, 4) is 0 Å². The number of carbonyl (C=O) groups is 1.